The molecule has 0 aliphatic heterocycles. The molecule has 1 N–H and O–H groups in total. The number of hydrogen-bond donors (Lipinski definition) is 1. The molecule has 0 spiro atoms. The van der Waals surface area contributed by atoms with Gasteiger partial charge in [0.25, 0.3) is 5.69 Å². The van der Waals surface area contributed by atoms with Gasteiger partial charge in [-0.2, -0.15) is 0 Å². The summed E-state index contributed by atoms with van der Waals surface area (Å²) < 4.78 is 45.5. The van der Waals surface area contributed by atoms with Gasteiger partial charge in [-0.05, 0) is 48.5 Å². The smallest absolute Gasteiger partial charge is 0.454 e. The van der Waals surface area contributed by atoms with Gasteiger partial charge in [0.1, 0.15) is 10.8 Å². The maximum absolute atomic E-state index is 12.5. The predicted molar refractivity (Wildman–Crippen MR) is 124 cm³/mol. The van der Waals surface area contributed by atoms with Crippen molar-refractivity contribution in [2.75, 3.05) is 17.7 Å². The number of anilines is 1. The van der Waals surface area contributed by atoms with E-state index in [-0.39, 0.29) is 33.3 Å². The molecule has 10 nitrogen and oxygen atoms in total. The number of nitrogens with zero attached hydrogens (tertiary/aromatic N) is 2. The van der Waals surface area contributed by atoms with Crippen LogP contribution < -0.4 is 10.1 Å². The highest BCUT2D eigenvalue weighted by atomic mass is 32.2. The Bertz CT molecular complexity index is 1300. The molecule has 1 heterocycles. The van der Waals surface area contributed by atoms with Crippen molar-refractivity contribution in [1.82, 2.24) is 4.98 Å². The molecule has 3 rings (SSSR count). The van der Waals surface area contributed by atoms with Gasteiger partial charge < -0.3 is 14.8 Å². The Balaban J connectivity index is 1.54. The van der Waals surface area contributed by atoms with E-state index in [0.717, 1.165) is 36.0 Å². The first-order chi connectivity index (χ1) is 17.5. The van der Waals surface area contributed by atoms with Crippen molar-refractivity contribution in [3.8, 4) is 5.75 Å². The molecule has 37 heavy (non-hydrogen) atoms. The molecule has 2 aromatic carbocycles. The minimum Gasteiger partial charge on any atom is -0.454 e. The maximum atomic E-state index is 12.5. The Morgan fingerprint density at radius 2 is 1.70 bits per heavy atom. The van der Waals surface area contributed by atoms with E-state index in [9.17, 15) is 37.7 Å². The lowest BCUT2D eigenvalue weighted by atomic mass is 10.1. The molecule has 0 bridgehead atoms. The number of non-ortho nitro benzene ring substituents is 1. The third-order valence-electron chi connectivity index (χ3n) is 4.44. The average molecular weight is 535 g/mol. The molecule has 3 aromatic rings. The van der Waals surface area contributed by atoms with Gasteiger partial charge in [0.2, 0.25) is 5.91 Å². The predicted octanol–water partition coefficient (Wildman–Crippen LogP) is 4.66. The molecular weight excluding hydrogens is 519 g/mol. The Kier molecular flexibility index (Phi) is 8.79. The van der Waals surface area contributed by atoms with Crippen LogP contribution in [0.5, 0.6) is 5.75 Å². The number of carbonyl (C=O) groups is 3. The summed E-state index contributed by atoms with van der Waals surface area (Å²) in [4.78, 5) is 51.1. The number of Topliss-reactive ketones (excluding diaryl/α,β-unsaturated/α-hetero) is 1. The van der Waals surface area contributed by atoms with Crippen molar-refractivity contribution >= 4 is 40.8 Å². The number of ether oxygens (including phenoxy) is 2. The quantitative estimate of drug-likeness (QED) is 0.129. The number of halogens is 3. The second kappa shape index (κ2) is 12.0. The summed E-state index contributed by atoms with van der Waals surface area (Å²) in [6, 6.07) is 12.2. The Labute approximate surface area is 210 Å². The number of aromatic nitrogens is 1. The van der Waals surface area contributed by atoms with E-state index in [0.29, 0.717) is 0 Å². The van der Waals surface area contributed by atoms with E-state index in [4.69, 9.17) is 4.74 Å². The second-order valence-electron chi connectivity index (χ2n) is 7.07. The van der Waals surface area contributed by atoms with E-state index >= 15 is 0 Å². The van der Waals surface area contributed by atoms with Crippen LogP contribution >= 0.6 is 11.8 Å². The van der Waals surface area contributed by atoms with Gasteiger partial charge >= 0.3 is 12.3 Å². The third-order valence-corrected chi connectivity index (χ3v) is 5.44. The van der Waals surface area contributed by atoms with Crippen LogP contribution in [0, 0.1) is 10.1 Å². The fourth-order valence-electron chi connectivity index (χ4n) is 2.79. The van der Waals surface area contributed by atoms with Crippen LogP contribution in [0.3, 0.4) is 0 Å². The lowest BCUT2D eigenvalue weighted by Crippen LogP contribution is -2.17. The minimum absolute atomic E-state index is 0.00505. The van der Waals surface area contributed by atoms with Crippen molar-refractivity contribution in [3.05, 3.63) is 88.1 Å². The van der Waals surface area contributed by atoms with Gasteiger partial charge in [-0.1, -0.05) is 11.8 Å². The van der Waals surface area contributed by atoms with Crippen molar-refractivity contribution in [2.24, 2.45) is 0 Å². The molecule has 0 aliphatic rings. The first kappa shape index (κ1) is 27.1. The fraction of sp³-hybridized carbons (Fsp3) is 0.130. The third kappa shape index (κ3) is 8.31. The van der Waals surface area contributed by atoms with Gasteiger partial charge in [-0.15, -0.1) is 13.2 Å². The summed E-state index contributed by atoms with van der Waals surface area (Å²) in [5.74, 6) is -2.60. The second-order valence-corrected chi connectivity index (χ2v) is 8.03. The van der Waals surface area contributed by atoms with Gasteiger partial charge in [-0.3, -0.25) is 19.7 Å². The summed E-state index contributed by atoms with van der Waals surface area (Å²) in [5.41, 5.74) is 0.159. The van der Waals surface area contributed by atoms with Crippen molar-refractivity contribution < 1.29 is 42.0 Å². The van der Waals surface area contributed by atoms with Crippen LogP contribution in [0.4, 0.5) is 24.5 Å². The van der Waals surface area contributed by atoms with Gasteiger partial charge in [0, 0.05) is 29.6 Å². The molecular formula is C23H16F3N3O7S. The van der Waals surface area contributed by atoms with Crippen molar-refractivity contribution in [1.29, 1.82) is 0 Å². The number of pyridine rings is 1. The summed E-state index contributed by atoms with van der Waals surface area (Å²) >= 11 is 0.902. The molecule has 1 amide bonds. The van der Waals surface area contributed by atoms with E-state index in [1.165, 1.54) is 42.6 Å². The number of carbonyl (C=O) groups excluding carboxylic acids is 3. The number of benzene rings is 2. The van der Waals surface area contributed by atoms with Gasteiger partial charge in [-0.25, -0.2) is 9.78 Å². The number of amides is 1. The SMILES string of the molecule is O=C(CSc1ncccc1C(=O)OCC(=O)c1ccc([N+](=O)[O-])cc1)Nc1ccc(OC(F)(F)F)cc1. The van der Waals surface area contributed by atoms with E-state index in [1.54, 1.807) is 0 Å². The highest BCUT2D eigenvalue weighted by Crippen LogP contribution is 2.25. The van der Waals surface area contributed by atoms with Crippen LogP contribution in [0.25, 0.3) is 0 Å². The summed E-state index contributed by atoms with van der Waals surface area (Å²) in [6.45, 7) is -0.621. The molecule has 14 heteroatoms. The maximum Gasteiger partial charge on any atom is 0.573 e. The monoisotopic (exact) mass is 535 g/mol. The lowest BCUT2D eigenvalue weighted by Gasteiger charge is -2.10. The highest BCUT2D eigenvalue weighted by Gasteiger charge is 2.31. The van der Waals surface area contributed by atoms with Crippen LogP contribution in [0.2, 0.25) is 0 Å². The van der Waals surface area contributed by atoms with Crippen LogP contribution in [0.15, 0.2) is 71.9 Å². The zero-order chi connectivity index (χ0) is 27.0. The van der Waals surface area contributed by atoms with E-state index < -0.39 is 41.3 Å². The number of esters is 1. The Hall–Kier alpha value is -4.46. The zero-order valence-corrected chi connectivity index (χ0v) is 19.4. The first-order valence-corrected chi connectivity index (χ1v) is 11.2. The van der Waals surface area contributed by atoms with E-state index in [2.05, 4.69) is 15.0 Å². The molecule has 192 valence electrons. The van der Waals surface area contributed by atoms with Crippen molar-refractivity contribution in [3.63, 3.8) is 0 Å². The first-order valence-electron chi connectivity index (χ1n) is 10.2. The molecule has 1 aromatic heterocycles. The topological polar surface area (TPSA) is 138 Å². The van der Waals surface area contributed by atoms with Gasteiger partial charge in [0.05, 0.1) is 16.2 Å². The molecule has 0 fully saturated rings. The zero-order valence-electron chi connectivity index (χ0n) is 18.6. The minimum atomic E-state index is -4.83. The molecule has 0 radical (unpaired) electrons. The van der Waals surface area contributed by atoms with Gasteiger partial charge in [0.15, 0.2) is 12.4 Å². The number of hydrogen-bond acceptors (Lipinski definition) is 9. The summed E-state index contributed by atoms with van der Waals surface area (Å²) in [7, 11) is 0. The lowest BCUT2D eigenvalue weighted by molar-refractivity contribution is -0.384. The molecule has 0 saturated carbocycles. The summed E-state index contributed by atoms with van der Waals surface area (Å²) in [5, 5.41) is 13.4. The number of nitrogens with one attached hydrogen (secondary N) is 1. The fourth-order valence-corrected chi connectivity index (χ4v) is 3.58. The molecule has 0 aliphatic carbocycles. The Morgan fingerprint density at radius 1 is 1.03 bits per heavy atom. The number of ketones is 1. The Morgan fingerprint density at radius 3 is 2.32 bits per heavy atom. The normalized spacial score (nSPS) is 10.9. The van der Waals surface area contributed by atoms with Crippen LogP contribution in [-0.4, -0.2) is 46.3 Å². The highest BCUT2D eigenvalue weighted by molar-refractivity contribution is 8.00. The number of thioether (sulfide) groups is 1. The number of rotatable bonds is 10. The molecule has 0 atom stereocenters. The average Bonchev–Trinajstić information content (AvgIpc) is 2.86. The number of alkyl halides is 3. The standard InChI is InChI=1S/C23H16F3N3O7S/c24-23(25,26)36-17-9-5-15(6-10-17)28-20(31)13-37-21-18(2-1-11-27-21)22(32)35-12-19(30)14-3-7-16(8-4-14)29(33)34/h1-11H,12-13H2,(H,28,31). The number of nitro benzene ring substituents is 1. The van der Waals surface area contributed by atoms with Crippen LogP contribution in [0.1, 0.15) is 20.7 Å². The molecule has 0 unspecified atom stereocenters. The van der Waals surface area contributed by atoms with E-state index in [1.807, 2.05) is 0 Å². The summed E-state index contributed by atoms with van der Waals surface area (Å²) in [6.07, 6.45) is -3.45. The number of nitro groups is 1. The van der Waals surface area contributed by atoms with Crippen LogP contribution in [-0.2, 0) is 9.53 Å². The van der Waals surface area contributed by atoms with Crippen molar-refractivity contribution in [2.45, 2.75) is 11.4 Å². The largest absolute Gasteiger partial charge is 0.573 e. The molecule has 0 saturated heterocycles.